The first-order chi connectivity index (χ1) is 17.7. The molecule has 4 rings (SSSR count). The number of sulfonamides is 1. The first-order valence-electron chi connectivity index (χ1n) is 11.9. The Morgan fingerprint density at radius 1 is 1.22 bits per heavy atom. The Hall–Kier alpha value is -3.44. The summed E-state index contributed by atoms with van der Waals surface area (Å²) in [5.41, 5.74) is 0.910. The minimum atomic E-state index is -4.18. The zero-order valence-corrected chi connectivity index (χ0v) is 22.3. The molecule has 3 aromatic rings. The van der Waals surface area contributed by atoms with E-state index in [9.17, 15) is 13.2 Å². The number of anilines is 1. The Balaban J connectivity index is 1.48. The maximum absolute atomic E-state index is 12.6. The van der Waals surface area contributed by atoms with Crippen LogP contribution in [0.1, 0.15) is 53.7 Å². The van der Waals surface area contributed by atoms with Crippen LogP contribution in [0.2, 0.25) is 5.02 Å². The molecule has 0 aliphatic heterocycles. The molecule has 1 aliphatic rings. The van der Waals surface area contributed by atoms with Gasteiger partial charge < -0.3 is 14.2 Å². The van der Waals surface area contributed by atoms with Crippen LogP contribution < -0.4 is 14.4 Å². The van der Waals surface area contributed by atoms with Crippen LogP contribution >= 0.6 is 11.6 Å². The van der Waals surface area contributed by atoms with Gasteiger partial charge in [-0.25, -0.2) is 13.1 Å². The molecule has 37 heavy (non-hydrogen) atoms. The topological polar surface area (TPSA) is 128 Å². The molecule has 0 radical (unpaired) electrons. The van der Waals surface area contributed by atoms with E-state index in [4.69, 9.17) is 20.9 Å². The van der Waals surface area contributed by atoms with Gasteiger partial charge in [0.1, 0.15) is 17.5 Å². The lowest BCUT2D eigenvalue weighted by Gasteiger charge is -2.25. The highest BCUT2D eigenvalue weighted by molar-refractivity contribution is 7.90. The summed E-state index contributed by atoms with van der Waals surface area (Å²) in [7, 11) is -4.18. The summed E-state index contributed by atoms with van der Waals surface area (Å²) in [5.74, 6) is 0.451. The van der Waals surface area contributed by atoms with E-state index in [0.717, 1.165) is 30.6 Å². The highest BCUT2D eigenvalue weighted by atomic mass is 35.5. The molecular weight excluding hydrogens is 518 g/mol. The van der Waals surface area contributed by atoms with Crippen molar-refractivity contribution in [3.8, 4) is 5.75 Å². The molecule has 0 spiro atoms. The number of aryl methyl sites for hydroxylation is 2. The summed E-state index contributed by atoms with van der Waals surface area (Å²) in [6.45, 7) is 5.95. The number of nitrogens with one attached hydrogen (secondary N) is 1. The lowest BCUT2D eigenvalue weighted by atomic mass is 10.0. The first-order valence-corrected chi connectivity index (χ1v) is 13.7. The van der Waals surface area contributed by atoms with Crippen LogP contribution in [0.3, 0.4) is 0 Å². The van der Waals surface area contributed by atoms with Gasteiger partial charge in [0, 0.05) is 30.1 Å². The molecule has 1 unspecified atom stereocenters. The third-order valence-corrected chi connectivity index (χ3v) is 7.76. The van der Waals surface area contributed by atoms with Gasteiger partial charge in [-0.3, -0.25) is 4.79 Å². The molecule has 0 saturated carbocycles. The zero-order valence-electron chi connectivity index (χ0n) is 20.8. The zero-order chi connectivity index (χ0) is 26.6. The molecule has 2 aromatic heterocycles. The van der Waals surface area contributed by atoms with Crippen LogP contribution in [-0.2, 0) is 16.6 Å². The van der Waals surface area contributed by atoms with Crippen LogP contribution in [0, 0.1) is 13.8 Å². The first kappa shape index (κ1) is 26.6. The van der Waals surface area contributed by atoms with Crippen molar-refractivity contribution in [3.05, 3.63) is 70.2 Å². The van der Waals surface area contributed by atoms with Gasteiger partial charge in [-0.05, 0) is 63.9 Å². The number of benzene rings is 1. The van der Waals surface area contributed by atoms with E-state index < -0.39 is 15.9 Å². The van der Waals surface area contributed by atoms with Crippen LogP contribution in [0.5, 0.6) is 5.75 Å². The highest BCUT2D eigenvalue weighted by Crippen LogP contribution is 2.29. The predicted molar refractivity (Wildman–Crippen MR) is 138 cm³/mol. The molecule has 0 bridgehead atoms. The molecule has 1 amide bonds. The molecule has 2 heterocycles. The third-order valence-electron chi connectivity index (χ3n) is 5.95. The van der Waals surface area contributed by atoms with Crippen molar-refractivity contribution in [2.75, 3.05) is 11.4 Å². The molecule has 1 N–H and O–H groups in total. The van der Waals surface area contributed by atoms with E-state index in [2.05, 4.69) is 27.5 Å². The van der Waals surface area contributed by atoms with Gasteiger partial charge in [-0.2, -0.15) is 0 Å². The Bertz CT molecular complexity index is 1390. The predicted octanol–water partition coefficient (Wildman–Crippen LogP) is 4.37. The van der Waals surface area contributed by atoms with Crippen molar-refractivity contribution < 1.29 is 22.5 Å². The third kappa shape index (κ3) is 6.28. The second kappa shape index (κ2) is 11.3. The second-order valence-electron chi connectivity index (χ2n) is 8.66. The molecule has 0 fully saturated rings. The van der Waals surface area contributed by atoms with Gasteiger partial charge in [0.2, 0.25) is 0 Å². The van der Waals surface area contributed by atoms with Gasteiger partial charge in [0.15, 0.2) is 22.2 Å². The van der Waals surface area contributed by atoms with Crippen LogP contribution in [0.15, 0.2) is 51.9 Å². The van der Waals surface area contributed by atoms with Gasteiger partial charge in [0.25, 0.3) is 15.9 Å². The van der Waals surface area contributed by atoms with Gasteiger partial charge in [0.05, 0.1) is 0 Å². The van der Waals surface area contributed by atoms with E-state index in [-0.39, 0.29) is 28.1 Å². The Kier molecular flexibility index (Phi) is 8.13. The Morgan fingerprint density at radius 3 is 2.65 bits per heavy atom. The van der Waals surface area contributed by atoms with Crippen molar-refractivity contribution in [3.63, 3.8) is 0 Å². The molecule has 1 aliphatic carbocycles. The van der Waals surface area contributed by atoms with Crippen molar-refractivity contribution >= 4 is 33.3 Å². The molecule has 1 atom stereocenters. The Morgan fingerprint density at radius 2 is 2.03 bits per heavy atom. The maximum atomic E-state index is 12.6. The number of carbonyl (C=O) groups excluding carboxylic acids is 1. The minimum Gasteiger partial charge on any atom is -0.490 e. The van der Waals surface area contributed by atoms with Crippen molar-refractivity contribution in [2.45, 2.75) is 57.6 Å². The number of hydrogen-bond acceptors (Lipinski definition) is 9. The van der Waals surface area contributed by atoms with Crippen molar-refractivity contribution in [1.29, 1.82) is 0 Å². The lowest BCUT2D eigenvalue weighted by Crippen LogP contribution is -2.32. The summed E-state index contributed by atoms with van der Waals surface area (Å²) < 4.78 is 38.4. The quantitative estimate of drug-likeness (QED) is 0.390. The van der Waals surface area contributed by atoms with Gasteiger partial charge in [-0.1, -0.05) is 28.9 Å². The average Bonchev–Trinajstić information content (AvgIpc) is 3.23. The minimum absolute atomic E-state index is 0.0853. The summed E-state index contributed by atoms with van der Waals surface area (Å²) in [5, 5.41) is 12.3. The van der Waals surface area contributed by atoms with E-state index in [1.54, 1.807) is 12.1 Å². The number of rotatable bonds is 9. The number of amides is 1. The van der Waals surface area contributed by atoms with Crippen LogP contribution in [0.4, 0.5) is 5.82 Å². The van der Waals surface area contributed by atoms with Crippen LogP contribution in [0.25, 0.3) is 0 Å². The fraction of sp³-hybridized carbons (Fsp3) is 0.360. The summed E-state index contributed by atoms with van der Waals surface area (Å²) in [6.07, 6.45) is 7.21. The summed E-state index contributed by atoms with van der Waals surface area (Å²) in [6, 6.07) is 8.59. The Labute approximate surface area is 220 Å². The van der Waals surface area contributed by atoms with Gasteiger partial charge >= 0.3 is 0 Å². The lowest BCUT2D eigenvalue weighted by molar-refractivity contribution is 0.0975. The smallest absolute Gasteiger partial charge is 0.285 e. The number of hydrogen-bond donors (Lipinski definition) is 1. The largest absolute Gasteiger partial charge is 0.490 e. The van der Waals surface area contributed by atoms with Crippen molar-refractivity contribution in [1.82, 2.24) is 20.1 Å². The summed E-state index contributed by atoms with van der Waals surface area (Å²) >= 11 is 6.28. The average molecular weight is 546 g/mol. The fourth-order valence-electron chi connectivity index (χ4n) is 4.10. The normalized spacial score (nSPS) is 15.4. The molecule has 196 valence electrons. The second-order valence-corrected chi connectivity index (χ2v) is 10.7. The highest BCUT2D eigenvalue weighted by Gasteiger charge is 2.27. The van der Waals surface area contributed by atoms with E-state index in [1.807, 2.05) is 28.7 Å². The van der Waals surface area contributed by atoms with Crippen molar-refractivity contribution in [2.24, 2.45) is 0 Å². The molecular formula is C25H28ClN5O5S. The number of allylic oxidation sites excluding steroid dienone is 1. The van der Waals surface area contributed by atoms with Crippen LogP contribution in [-0.4, -0.2) is 42.3 Å². The number of halogens is 1. The van der Waals surface area contributed by atoms with E-state index in [1.165, 1.54) is 19.9 Å². The SMILES string of the molecule is CCN(Cc1cc(Cl)ccc1OC1CC=CCC1)c1ccc(C(=O)NS(=O)(=O)c2c(C)noc2C)nn1. The molecule has 1 aromatic carbocycles. The monoisotopic (exact) mass is 545 g/mol. The number of carbonyl (C=O) groups is 1. The molecule has 12 heteroatoms. The summed E-state index contributed by atoms with van der Waals surface area (Å²) in [4.78, 5) is 14.4. The number of ether oxygens (including phenoxy) is 1. The fourth-order valence-corrected chi connectivity index (χ4v) is 5.59. The molecule has 10 nitrogen and oxygen atoms in total. The number of nitrogens with zero attached hydrogens (tertiary/aromatic N) is 4. The maximum Gasteiger partial charge on any atom is 0.285 e. The van der Waals surface area contributed by atoms with Gasteiger partial charge in [-0.15, -0.1) is 10.2 Å². The number of aromatic nitrogens is 3. The van der Waals surface area contributed by atoms with E-state index >= 15 is 0 Å². The van der Waals surface area contributed by atoms with E-state index in [0.29, 0.717) is 23.9 Å². The molecule has 0 saturated heterocycles. The standard InChI is InChI=1S/C25H28ClN5O5S/c1-4-31(15-18-14-19(26)10-12-22(18)35-20-8-6-5-7-9-20)23-13-11-21(27-28-23)25(32)30-37(33,34)24-16(2)29-36-17(24)3/h5-6,10-14,20H,4,7-9,15H2,1-3H3,(H,30,32).